The molecule has 2 rings (SSSR count). The van der Waals surface area contributed by atoms with Gasteiger partial charge in [0.15, 0.2) is 5.11 Å². The molecule has 0 aliphatic carbocycles. The fraction of sp³-hybridized carbons (Fsp3) is 0.167. The minimum absolute atomic E-state index is 0.00287. The Morgan fingerprint density at radius 3 is 2.59 bits per heavy atom. The second kappa shape index (κ2) is 9.55. The Hall–Kier alpha value is -2.35. The number of rotatable bonds is 6. The first-order valence-electron chi connectivity index (χ1n) is 7.89. The van der Waals surface area contributed by atoms with E-state index in [0.29, 0.717) is 17.9 Å². The van der Waals surface area contributed by atoms with E-state index in [1.54, 1.807) is 24.3 Å². The predicted octanol–water partition coefficient (Wildman–Crippen LogP) is 4.61. The van der Waals surface area contributed by atoms with E-state index in [1.807, 2.05) is 6.92 Å². The first kappa shape index (κ1) is 21.0. The van der Waals surface area contributed by atoms with Gasteiger partial charge in [-0.2, -0.15) is 0 Å². The fourth-order valence-corrected chi connectivity index (χ4v) is 2.80. The molecule has 2 aromatic carbocycles. The molecule has 0 bridgehead atoms. The monoisotopic (exact) mass is 426 g/mol. The molecule has 3 N–H and O–H groups in total. The summed E-state index contributed by atoms with van der Waals surface area (Å²) in [6, 6.07) is 9.20. The molecule has 9 heteroatoms. The van der Waals surface area contributed by atoms with E-state index in [2.05, 4.69) is 10.6 Å². The van der Waals surface area contributed by atoms with Crippen molar-refractivity contribution in [1.82, 2.24) is 5.32 Å². The molecule has 0 fully saturated rings. The number of halogens is 2. The number of amides is 1. The van der Waals surface area contributed by atoms with Gasteiger partial charge in [-0.05, 0) is 49.0 Å². The van der Waals surface area contributed by atoms with Crippen LogP contribution >= 0.6 is 35.4 Å². The SMILES string of the molecule is CCCOc1cccc(C(=O)NC(=S)Nc2cc(C(=O)O)c(Cl)cc2Cl)c1. The van der Waals surface area contributed by atoms with Gasteiger partial charge in [0, 0.05) is 5.56 Å². The van der Waals surface area contributed by atoms with Gasteiger partial charge in [-0.25, -0.2) is 4.79 Å². The number of nitrogens with one attached hydrogen (secondary N) is 2. The molecular weight excluding hydrogens is 411 g/mol. The van der Waals surface area contributed by atoms with Crippen molar-refractivity contribution in [2.24, 2.45) is 0 Å². The molecule has 6 nitrogen and oxygen atoms in total. The van der Waals surface area contributed by atoms with Gasteiger partial charge in [-0.3, -0.25) is 10.1 Å². The lowest BCUT2D eigenvalue weighted by molar-refractivity contribution is 0.0697. The van der Waals surface area contributed by atoms with Crippen LogP contribution in [0.5, 0.6) is 5.75 Å². The van der Waals surface area contributed by atoms with Crippen molar-refractivity contribution in [2.45, 2.75) is 13.3 Å². The zero-order valence-corrected chi connectivity index (χ0v) is 16.5. The van der Waals surface area contributed by atoms with Gasteiger partial charge < -0.3 is 15.2 Å². The van der Waals surface area contributed by atoms with Crippen LogP contribution in [0.2, 0.25) is 10.0 Å². The number of carbonyl (C=O) groups excluding carboxylic acids is 1. The summed E-state index contributed by atoms with van der Waals surface area (Å²) in [7, 11) is 0. The van der Waals surface area contributed by atoms with Crippen LogP contribution in [-0.4, -0.2) is 28.7 Å². The molecule has 0 spiro atoms. The van der Waals surface area contributed by atoms with Crippen LogP contribution < -0.4 is 15.4 Å². The third kappa shape index (κ3) is 5.82. The summed E-state index contributed by atoms with van der Waals surface area (Å²) in [5.41, 5.74) is 0.434. The number of carboxylic acids is 1. The number of hydrogen-bond acceptors (Lipinski definition) is 4. The molecule has 0 heterocycles. The van der Waals surface area contributed by atoms with E-state index in [1.165, 1.54) is 12.1 Å². The van der Waals surface area contributed by atoms with Crippen molar-refractivity contribution >= 4 is 58.1 Å². The lowest BCUT2D eigenvalue weighted by atomic mass is 10.2. The molecule has 1 amide bonds. The van der Waals surface area contributed by atoms with Gasteiger partial charge in [0.25, 0.3) is 5.91 Å². The third-order valence-electron chi connectivity index (χ3n) is 3.33. The number of carbonyl (C=O) groups is 2. The maximum atomic E-state index is 12.3. The highest BCUT2D eigenvalue weighted by Crippen LogP contribution is 2.29. The summed E-state index contributed by atoms with van der Waals surface area (Å²) < 4.78 is 5.50. The summed E-state index contributed by atoms with van der Waals surface area (Å²) in [5.74, 6) is -1.08. The lowest BCUT2D eigenvalue weighted by Crippen LogP contribution is -2.34. The van der Waals surface area contributed by atoms with E-state index in [9.17, 15) is 9.59 Å². The highest BCUT2D eigenvalue weighted by molar-refractivity contribution is 7.80. The van der Waals surface area contributed by atoms with E-state index < -0.39 is 11.9 Å². The quantitative estimate of drug-likeness (QED) is 0.584. The van der Waals surface area contributed by atoms with Crippen molar-refractivity contribution in [3.63, 3.8) is 0 Å². The highest BCUT2D eigenvalue weighted by Gasteiger charge is 2.15. The van der Waals surface area contributed by atoms with Gasteiger partial charge in [0.05, 0.1) is 27.9 Å². The number of aromatic carboxylic acids is 1. The number of anilines is 1. The number of hydrogen-bond donors (Lipinski definition) is 3. The van der Waals surface area contributed by atoms with E-state index in [4.69, 9.17) is 45.3 Å². The second-order valence-corrected chi connectivity index (χ2v) is 6.62. The van der Waals surface area contributed by atoms with Crippen LogP contribution in [0, 0.1) is 0 Å². The van der Waals surface area contributed by atoms with Gasteiger partial charge in [-0.15, -0.1) is 0 Å². The van der Waals surface area contributed by atoms with Crippen molar-refractivity contribution in [2.75, 3.05) is 11.9 Å². The minimum Gasteiger partial charge on any atom is -0.494 e. The van der Waals surface area contributed by atoms with E-state index in [-0.39, 0.29) is 26.4 Å². The molecular formula is C18H16Cl2N2O4S. The maximum absolute atomic E-state index is 12.3. The van der Waals surface area contributed by atoms with Gasteiger partial charge in [-0.1, -0.05) is 36.2 Å². The Bertz CT molecular complexity index is 890. The van der Waals surface area contributed by atoms with Crippen molar-refractivity contribution in [1.29, 1.82) is 0 Å². The summed E-state index contributed by atoms with van der Waals surface area (Å²) in [6.07, 6.45) is 0.852. The molecule has 0 aliphatic heterocycles. The Labute approximate surface area is 171 Å². The molecule has 0 saturated carbocycles. The number of thiocarbonyl (C=S) groups is 1. The molecule has 0 unspecified atom stereocenters. The Morgan fingerprint density at radius 2 is 1.93 bits per heavy atom. The molecule has 27 heavy (non-hydrogen) atoms. The van der Waals surface area contributed by atoms with Crippen LogP contribution in [0.15, 0.2) is 36.4 Å². The summed E-state index contributed by atoms with van der Waals surface area (Å²) in [5, 5.41) is 14.4. The maximum Gasteiger partial charge on any atom is 0.337 e. The molecule has 0 aliphatic rings. The van der Waals surface area contributed by atoms with Gasteiger partial charge in [0.1, 0.15) is 5.75 Å². The van der Waals surface area contributed by atoms with Gasteiger partial charge >= 0.3 is 5.97 Å². The van der Waals surface area contributed by atoms with Crippen LogP contribution in [0.4, 0.5) is 5.69 Å². The zero-order chi connectivity index (χ0) is 20.0. The van der Waals surface area contributed by atoms with Crippen molar-refractivity contribution in [3.8, 4) is 5.75 Å². The van der Waals surface area contributed by atoms with Crippen molar-refractivity contribution < 1.29 is 19.4 Å². The fourth-order valence-electron chi connectivity index (χ4n) is 2.08. The first-order valence-corrected chi connectivity index (χ1v) is 9.05. The Morgan fingerprint density at radius 1 is 1.19 bits per heavy atom. The number of benzene rings is 2. The van der Waals surface area contributed by atoms with Crippen LogP contribution in [0.3, 0.4) is 0 Å². The van der Waals surface area contributed by atoms with Gasteiger partial charge in [0.2, 0.25) is 0 Å². The van der Waals surface area contributed by atoms with Crippen LogP contribution in [0.25, 0.3) is 0 Å². The van der Waals surface area contributed by atoms with E-state index in [0.717, 1.165) is 6.42 Å². The first-order chi connectivity index (χ1) is 12.8. The van der Waals surface area contributed by atoms with E-state index >= 15 is 0 Å². The van der Waals surface area contributed by atoms with Crippen LogP contribution in [0.1, 0.15) is 34.1 Å². The highest BCUT2D eigenvalue weighted by atomic mass is 35.5. The predicted molar refractivity (Wildman–Crippen MR) is 109 cm³/mol. The standard InChI is InChI=1S/C18H16Cl2N2O4S/c1-2-6-26-11-5-3-4-10(7-11)16(23)22-18(27)21-15-8-12(17(24)25)13(19)9-14(15)20/h3-5,7-9H,2,6H2,1H3,(H,24,25)(H2,21,22,23,27). The lowest BCUT2D eigenvalue weighted by Gasteiger charge is -2.13. The minimum atomic E-state index is -1.21. The number of carboxylic acid groups (broad SMARTS) is 1. The molecule has 2 aromatic rings. The van der Waals surface area contributed by atoms with Crippen LogP contribution in [-0.2, 0) is 0 Å². The topological polar surface area (TPSA) is 87.7 Å². The second-order valence-electron chi connectivity index (χ2n) is 5.40. The smallest absolute Gasteiger partial charge is 0.337 e. The summed E-state index contributed by atoms with van der Waals surface area (Å²) in [6.45, 7) is 2.53. The Balaban J connectivity index is 2.08. The van der Waals surface area contributed by atoms with Crippen molar-refractivity contribution in [3.05, 3.63) is 57.6 Å². The Kier molecular flexibility index (Phi) is 7.41. The molecule has 0 aromatic heterocycles. The molecule has 0 radical (unpaired) electrons. The normalized spacial score (nSPS) is 10.2. The average molecular weight is 427 g/mol. The molecule has 0 atom stereocenters. The number of ether oxygens (including phenoxy) is 1. The zero-order valence-electron chi connectivity index (χ0n) is 14.2. The molecule has 0 saturated heterocycles. The average Bonchev–Trinajstić information content (AvgIpc) is 2.62. The largest absolute Gasteiger partial charge is 0.494 e. The third-order valence-corrected chi connectivity index (χ3v) is 4.16. The molecule has 142 valence electrons. The summed E-state index contributed by atoms with van der Waals surface area (Å²) >= 11 is 17.0. The summed E-state index contributed by atoms with van der Waals surface area (Å²) in [4.78, 5) is 23.5.